The number of hydrogen-bond donors (Lipinski definition) is 2. The summed E-state index contributed by atoms with van der Waals surface area (Å²) >= 11 is 0. The summed E-state index contributed by atoms with van der Waals surface area (Å²) in [7, 11) is 0. The van der Waals surface area contributed by atoms with Crippen LogP contribution in [0.1, 0.15) is 21.7 Å². The van der Waals surface area contributed by atoms with E-state index >= 15 is 0 Å². The van der Waals surface area contributed by atoms with Crippen molar-refractivity contribution in [3.8, 4) is 0 Å². The van der Waals surface area contributed by atoms with Gasteiger partial charge in [0, 0.05) is 11.3 Å². The summed E-state index contributed by atoms with van der Waals surface area (Å²) in [6.07, 6.45) is 0. The molecule has 64 valence electrons. The van der Waals surface area contributed by atoms with E-state index in [0.29, 0.717) is 11.3 Å². The van der Waals surface area contributed by atoms with Gasteiger partial charge in [-0.2, -0.15) is 4.98 Å². The summed E-state index contributed by atoms with van der Waals surface area (Å²) in [4.78, 5) is 27.0. The van der Waals surface area contributed by atoms with Crippen LogP contribution in [-0.4, -0.2) is 21.0 Å². The summed E-state index contributed by atoms with van der Waals surface area (Å²) in [5, 5.41) is 8.60. The minimum atomic E-state index is -1.18. The first-order valence-corrected chi connectivity index (χ1v) is 3.33. The van der Waals surface area contributed by atoms with Crippen LogP contribution in [0.5, 0.6) is 0 Å². The van der Waals surface area contributed by atoms with Gasteiger partial charge < -0.3 is 10.1 Å². The van der Waals surface area contributed by atoms with Crippen molar-refractivity contribution in [3.63, 3.8) is 0 Å². The number of nitrogens with one attached hydrogen (secondary N) is 1. The number of carbonyl (C=O) groups is 1. The van der Waals surface area contributed by atoms with Crippen molar-refractivity contribution in [2.75, 3.05) is 0 Å². The molecule has 1 aromatic heterocycles. The molecular weight excluding hydrogens is 160 g/mol. The van der Waals surface area contributed by atoms with Crippen molar-refractivity contribution in [2.24, 2.45) is 0 Å². The van der Waals surface area contributed by atoms with Gasteiger partial charge in [-0.3, -0.25) is 0 Å². The van der Waals surface area contributed by atoms with Crippen LogP contribution in [0.4, 0.5) is 0 Å². The van der Waals surface area contributed by atoms with Crippen molar-refractivity contribution < 1.29 is 9.90 Å². The predicted molar refractivity (Wildman–Crippen MR) is 41.3 cm³/mol. The molecule has 0 fully saturated rings. The van der Waals surface area contributed by atoms with Gasteiger partial charge in [0.15, 0.2) is 5.69 Å². The third-order valence-electron chi connectivity index (χ3n) is 1.63. The third-order valence-corrected chi connectivity index (χ3v) is 1.63. The first kappa shape index (κ1) is 8.45. The minimum Gasteiger partial charge on any atom is -0.476 e. The first-order chi connectivity index (χ1) is 5.52. The highest BCUT2D eigenvalue weighted by molar-refractivity contribution is 5.86. The van der Waals surface area contributed by atoms with E-state index in [9.17, 15) is 9.59 Å². The number of aryl methyl sites for hydroxylation is 1. The second kappa shape index (κ2) is 2.77. The Morgan fingerprint density at radius 1 is 1.50 bits per heavy atom. The Kier molecular flexibility index (Phi) is 1.95. The molecule has 5 nitrogen and oxygen atoms in total. The predicted octanol–water partition coefficient (Wildman–Crippen LogP) is 0.0849. The van der Waals surface area contributed by atoms with E-state index in [4.69, 9.17) is 5.11 Å². The highest BCUT2D eigenvalue weighted by Gasteiger charge is 2.11. The summed E-state index contributed by atoms with van der Waals surface area (Å²) in [5.41, 5.74) is 0.209. The number of hydrogen-bond acceptors (Lipinski definition) is 3. The number of aromatic carboxylic acids is 1. The van der Waals surface area contributed by atoms with E-state index in [0.717, 1.165) is 0 Å². The number of rotatable bonds is 1. The SMILES string of the molecule is Cc1[nH]c(=O)nc(C(=O)O)c1C. The molecule has 12 heavy (non-hydrogen) atoms. The van der Waals surface area contributed by atoms with Crippen LogP contribution in [0, 0.1) is 13.8 Å². The lowest BCUT2D eigenvalue weighted by molar-refractivity contribution is 0.0689. The molecule has 0 aromatic carbocycles. The fourth-order valence-corrected chi connectivity index (χ4v) is 0.853. The van der Waals surface area contributed by atoms with Gasteiger partial charge in [0.1, 0.15) is 0 Å². The molecule has 2 N–H and O–H groups in total. The molecule has 0 radical (unpaired) electrons. The third kappa shape index (κ3) is 1.34. The zero-order valence-corrected chi connectivity index (χ0v) is 6.71. The average Bonchev–Trinajstić information content (AvgIpc) is 1.96. The van der Waals surface area contributed by atoms with Gasteiger partial charge in [0.05, 0.1) is 0 Å². The lowest BCUT2D eigenvalue weighted by Gasteiger charge is -2.00. The Morgan fingerprint density at radius 3 is 2.58 bits per heavy atom. The number of carboxylic acid groups (broad SMARTS) is 1. The molecule has 5 heteroatoms. The number of H-pyrrole nitrogens is 1. The van der Waals surface area contributed by atoms with Crippen LogP contribution in [0.15, 0.2) is 4.79 Å². The lowest BCUT2D eigenvalue weighted by Crippen LogP contribution is -2.19. The molecule has 0 bridgehead atoms. The zero-order chi connectivity index (χ0) is 9.30. The molecule has 0 unspecified atom stereocenters. The summed E-state index contributed by atoms with van der Waals surface area (Å²) in [6.45, 7) is 3.23. The van der Waals surface area contributed by atoms with Gasteiger partial charge in [-0.1, -0.05) is 0 Å². The van der Waals surface area contributed by atoms with Gasteiger partial charge in [0.2, 0.25) is 0 Å². The fourth-order valence-electron chi connectivity index (χ4n) is 0.853. The Hall–Kier alpha value is -1.65. The maximum atomic E-state index is 10.7. The Bertz CT molecular complexity index is 381. The van der Waals surface area contributed by atoms with E-state index in [1.54, 1.807) is 13.8 Å². The van der Waals surface area contributed by atoms with Crippen LogP contribution in [0.3, 0.4) is 0 Å². The Labute approximate surface area is 68.1 Å². The second-order valence-corrected chi connectivity index (χ2v) is 2.45. The van der Waals surface area contributed by atoms with Crippen LogP contribution >= 0.6 is 0 Å². The van der Waals surface area contributed by atoms with E-state index in [1.807, 2.05) is 0 Å². The Balaban J connectivity index is 3.48. The van der Waals surface area contributed by atoms with Crippen LogP contribution < -0.4 is 5.69 Å². The lowest BCUT2D eigenvalue weighted by atomic mass is 10.2. The Morgan fingerprint density at radius 2 is 2.08 bits per heavy atom. The van der Waals surface area contributed by atoms with Gasteiger partial charge in [-0.15, -0.1) is 0 Å². The minimum absolute atomic E-state index is 0.184. The molecule has 0 atom stereocenters. The van der Waals surface area contributed by atoms with Gasteiger partial charge in [-0.05, 0) is 13.8 Å². The molecule has 1 heterocycles. The largest absolute Gasteiger partial charge is 0.476 e. The van der Waals surface area contributed by atoms with Gasteiger partial charge in [-0.25, -0.2) is 9.59 Å². The first-order valence-electron chi connectivity index (χ1n) is 3.33. The monoisotopic (exact) mass is 168 g/mol. The van der Waals surface area contributed by atoms with E-state index in [1.165, 1.54) is 0 Å². The van der Waals surface area contributed by atoms with Crippen molar-refractivity contribution in [3.05, 3.63) is 27.4 Å². The number of nitrogens with zero attached hydrogens (tertiary/aromatic N) is 1. The number of carboxylic acids is 1. The number of aromatic nitrogens is 2. The van der Waals surface area contributed by atoms with Gasteiger partial charge in [0.25, 0.3) is 0 Å². The standard InChI is InChI=1S/C7H8N2O3/c1-3-4(2)8-7(12)9-5(3)6(10)11/h1-2H3,(H,10,11)(H,8,9,12). The molecular formula is C7H8N2O3. The average molecular weight is 168 g/mol. The van der Waals surface area contributed by atoms with Crippen LogP contribution in [-0.2, 0) is 0 Å². The van der Waals surface area contributed by atoms with E-state index in [-0.39, 0.29) is 5.69 Å². The topological polar surface area (TPSA) is 83.0 Å². The van der Waals surface area contributed by atoms with Crippen molar-refractivity contribution >= 4 is 5.97 Å². The summed E-state index contributed by atoms with van der Waals surface area (Å²) < 4.78 is 0. The van der Waals surface area contributed by atoms with Crippen molar-refractivity contribution in [1.29, 1.82) is 0 Å². The van der Waals surface area contributed by atoms with E-state index < -0.39 is 11.7 Å². The fraction of sp³-hybridized carbons (Fsp3) is 0.286. The highest BCUT2D eigenvalue weighted by atomic mass is 16.4. The summed E-state index contributed by atoms with van der Waals surface area (Å²) in [6, 6.07) is 0. The molecule has 0 aliphatic heterocycles. The van der Waals surface area contributed by atoms with Crippen LogP contribution in [0.2, 0.25) is 0 Å². The highest BCUT2D eigenvalue weighted by Crippen LogP contribution is 2.04. The van der Waals surface area contributed by atoms with Crippen molar-refractivity contribution in [2.45, 2.75) is 13.8 Å². The maximum absolute atomic E-state index is 10.7. The van der Waals surface area contributed by atoms with Crippen LogP contribution in [0.25, 0.3) is 0 Å². The maximum Gasteiger partial charge on any atom is 0.355 e. The molecule has 0 aliphatic rings. The van der Waals surface area contributed by atoms with Gasteiger partial charge >= 0.3 is 11.7 Å². The van der Waals surface area contributed by atoms with E-state index in [2.05, 4.69) is 9.97 Å². The number of aromatic amines is 1. The smallest absolute Gasteiger partial charge is 0.355 e. The molecule has 0 amide bonds. The molecule has 1 rings (SSSR count). The molecule has 0 aliphatic carbocycles. The van der Waals surface area contributed by atoms with Crippen molar-refractivity contribution in [1.82, 2.24) is 9.97 Å². The normalized spacial score (nSPS) is 9.83. The zero-order valence-electron chi connectivity index (χ0n) is 6.71. The molecule has 0 spiro atoms. The quantitative estimate of drug-likeness (QED) is 0.622. The second-order valence-electron chi connectivity index (χ2n) is 2.45. The molecule has 0 saturated heterocycles. The molecule has 1 aromatic rings. The molecule has 0 saturated carbocycles. The summed E-state index contributed by atoms with van der Waals surface area (Å²) in [5.74, 6) is -1.18.